The van der Waals surface area contributed by atoms with Crippen LogP contribution in [0, 0.1) is 0 Å². The molecule has 1 aliphatic heterocycles. The maximum atomic E-state index is 5.68. The third kappa shape index (κ3) is 3.32. The average Bonchev–Trinajstić information content (AvgIpc) is 3.28. The fourth-order valence-electron chi connectivity index (χ4n) is 3.17. The van der Waals surface area contributed by atoms with Crippen LogP contribution >= 0.6 is 23.6 Å². The number of rotatable bonds is 3. The highest BCUT2D eigenvalue weighted by atomic mass is 32.1. The molecule has 2 heterocycles. The third-order valence-electron chi connectivity index (χ3n) is 4.45. The van der Waals surface area contributed by atoms with E-state index in [0.29, 0.717) is 0 Å². The van der Waals surface area contributed by atoms with Gasteiger partial charge in [0.15, 0.2) is 5.11 Å². The Kier molecular flexibility index (Phi) is 4.55. The molecule has 3 aromatic rings. The molecular formula is C19H19N3OS2. The number of hydrogen-bond donors (Lipinski definition) is 1. The lowest BCUT2D eigenvalue weighted by Crippen LogP contribution is -2.34. The van der Waals surface area contributed by atoms with E-state index in [1.54, 1.807) is 18.4 Å². The summed E-state index contributed by atoms with van der Waals surface area (Å²) in [4.78, 5) is 7.09. The second-order valence-electron chi connectivity index (χ2n) is 6.03. The van der Waals surface area contributed by atoms with Crippen molar-refractivity contribution in [3.05, 3.63) is 53.5 Å². The molecule has 0 amide bonds. The number of nitrogens with one attached hydrogen (secondary N) is 1. The molecule has 128 valence electrons. The zero-order valence-electron chi connectivity index (χ0n) is 13.9. The van der Waals surface area contributed by atoms with Gasteiger partial charge in [-0.15, -0.1) is 11.3 Å². The first-order chi connectivity index (χ1) is 12.2. The minimum Gasteiger partial charge on any atom is -0.497 e. The Balaban J connectivity index is 1.52. The highest BCUT2D eigenvalue weighted by molar-refractivity contribution is 7.80. The van der Waals surface area contributed by atoms with Crippen LogP contribution in [0.1, 0.15) is 23.9 Å². The average molecular weight is 370 g/mol. The van der Waals surface area contributed by atoms with Crippen molar-refractivity contribution in [3.63, 3.8) is 0 Å². The summed E-state index contributed by atoms with van der Waals surface area (Å²) in [5, 5.41) is 5.25. The minimum atomic E-state index is 0.260. The van der Waals surface area contributed by atoms with Crippen LogP contribution in [-0.2, 0) is 0 Å². The molecular weight excluding hydrogens is 350 g/mol. The largest absolute Gasteiger partial charge is 0.497 e. The molecule has 6 heteroatoms. The number of fused-ring (bicyclic) bond motifs is 1. The number of benzene rings is 2. The molecule has 1 fully saturated rings. The first kappa shape index (κ1) is 16.3. The van der Waals surface area contributed by atoms with E-state index < -0.39 is 0 Å². The van der Waals surface area contributed by atoms with Gasteiger partial charge in [0.1, 0.15) is 10.8 Å². The summed E-state index contributed by atoms with van der Waals surface area (Å²) < 4.78 is 6.43. The van der Waals surface area contributed by atoms with Crippen molar-refractivity contribution >= 4 is 44.6 Å². The SMILES string of the molecule is COc1ccc(NC(=S)N2CCC[C@@H]2c2nc3ccccc3s2)cc1. The molecule has 0 spiro atoms. The number of thiazole rings is 1. The summed E-state index contributed by atoms with van der Waals surface area (Å²) in [6, 6.07) is 16.4. The summed E-state index contributed by atoms with van der Waals surface area (Å²) in [5.41, 5.74) is 2.05. The summed E-state index contributed by atoms with van der Waals surface area (Å²) in [7, 11) is 1.67. The lowest BCUT2D eigenvalue weighted by molar-refractivity contribution is 0.405. The van der Waals surface area contributed by atoms with Gasteiger partial charge in [-0.25, -0.2) is 4.98 Å². The molecule has 1 saturated heterocycles. The Morgan fingerprint density at radius 2 is 2.04 bits per heavy atom. The molecule has 25 heavy (non-hydrogen) atoms. The zero-order chi connectivity index (χ0) is 17.2. The summed E-state index contributed by atoms with van der Waals surface area (Å²) >= 11 is 7.45. The van der Waals surface area contributed by atoms with Crippen molar-refractivity contribution in [1.82, 2.24) is 9.88 Å². The molecule has 4 rings (SSSR count). The second kappa shape index (κ2) is 6.98. The van der Waals surface area contributed by atoms with E-state index in [4.69, 9.17) is 21.9 Å². The molecule has 0 radical (unpaired) electrons. The first-order valence-electron chi connectivity index (χ1n) is 8.32. The van der Waals surface area contributed by atoms with E-state index >= 15 is 0 Å². The fourth-order valence-corrected chi connectivity index (χ4v) is 4.62. The molecule has 1 aromatic heterocycles. The van der Waals surface area contributed by atoms with E-state index in [2.05, 4.69) is 28.4 Å². The van der Waals surface area contributed by atoms with Gasteiger partial charge in [0.25, 0.3) is 0 Å². The van der Waals surface area contributed by atoms with E-state index in [1.165, 1.54) is 4.70 Å². The van der Waals surface area contributed by atoms with Gasteiger partial charge in [0, 0.05) is 12.2 Å². The second-order valence-corrected chi connectivity index (χ2v) is 7.48. The summed E-state index contributed by atoms with van der Waals surface area (Å²) in [6.07, 6.45) is 2.22. The van der Waals surface area contributed by atoms with Crippen LogP contribution in [0.4, 0.5) is 5.69 Å². The van der Waals surface area contributed by atoms with Gasteiger partial charge in [0.05, 0.1) is 23.4 Å². The maximum Gasteiger partial charge on any atom is 0.174 e. The van der Waals surface area contributed by atoms with Gasteiger partial charge in [-0.1, -0.05) is 12.1 Å². The van der Waals surface area contributed by atoms with Crippen LogP contribution in [0.3, 0.4) is 0 Å². The summed E-state index contributed by atoms with van der Waals surface area (Å²) in [6.45, 7) is 0.961. The van der Waals surface area contributed by atoms with Crippen LogP contribution in [0.15, 0.2) is 48.5 Å². The molecule has 4 nitrogen and oxygen atoms in total. The number of para-hydroxylation sites is 1. The van der Waals surface area contributed by atoms with Crippen molar-refractivity contribution in [3.8, 4) is 5.75 Å². The molecule has 1 atom stereocenters. The van der Waals surface area contributed by atoms with Crippen molar-refractivity contribution in [2.45, 2.75) is 18.9 Å². The van der Waals surface area contributed by atoms with Gasteiger partial charge >= 0.3 is 0 Å². The Morgan fingerprint density at radius 3 is 2.80 bits per heavy atom. The molecule has 1 N–H and O–H groups in total. The lowest BCUT2D eigenvalue weighted by Gasteiger charge is -2.26. The molecule has 0 unspecified atom stereocenters. The van der Waals surface area contributed by atoms with Gasteiger partial charge in [-0.3, -0.25) is 0 Å². The van der Waals surface area contributed by atoms with Gasteiger partial charge in [-0.2, -0.15) is 0 Å². The number of ether oxygens (including phenoxy) is 1. The number of thiocarbonyl (C=S) groups is 1. The number of likely N-dealkylation sites (tertiary alicyclic amines) is 1. The Bertz CT molecular complexity index is 858. The normalized spacial score (nSPS) is 17.0. The Morgan fingerprint density at radius 1 is 1.24 bits per heavy atom. The minimum absolute atomic E-state index is 0.260. The van der Waals surface area contributed by atoms with Crippen molar-refractivity contribution in [2.24, 2.45) is 0 Å². The maximum absolute atomic E-state index is 5.68. The Hall–Kier alpha value is -2.18. The number of hydrogen-bond acceptors (Lipinski definition) is 4. The predicted octanol–water partition coefficient (Wildman–Crippen LogP) is 4.84. The van der Waals surface area contributed by atoms with Gasteiger partial charge in [-0.05, 0) is 61.5 Å². The van der Waals surface area contributed by atoms with E-state index in [0.717, 1.165) is 46.5 Å². The fraction of sp³-hybridized carbons (Fsp3) is 0.263. The van der Waals surface area contributed by atoms with Crippen LogP contribution in [0.2, 0.25) is 0 Å². The number of anilines is 1. The smallest absolute Gasteiger partial charge is 0.174 e. The molecule has 2 aromatic carbocycles. The standard InChI is InChI=1S/C19H19N3OS2/c1-23-14-10-8-13(9-11-14)20-19(24)22-12-4-6-16(22)18-21-15-5-2-3-7-17(15)25-18/h2-3,5,7-11,16H,4,6,12H2,1H3,(H,20,24)/t16-/m1/s1. The highest BCUT2D eigenvalue weighted by Gasteiger charge is 2.30. The van der Waals surface area contributed by atoms with Crippen LogP contribution < -0.4 is 10.1 Å². The quantitative estimate of drug-likeness (QED) is 0.669. The lowest BCUT2D eigenvalue weighted by atomic mass is 10.2. The van der Waals surface area contributed by atoms with Crippen LogP contribution in [0.5, 0.6) is 5.75 Å². The van der Waals surface area contributed by atoms with Crippen molar-refractivity contribution in [2.75, 3.05) is 19.0 Å². The number of methoxy groups -OCH3 is 1. The molecule has 0 aliphatic carbocycles. The van der Waals surface area contributed by atoms with Crippen molar-refractivity contribution < 1.29 is 4.74 Å². The van der Waals surface area contributed by atoms with Crippen LogP contribution in [-0.4, -0.2) is 28.7 Å². The number of nitrogens with zero attached hydrogens (tertiary/aromatic N) is 2. The van der Waals surface area contributed by atoms with E-state index in [-0.39, 0.29) is 6.04 Å². The highest BCUT2D eigenvalue weighted by Crippen LogP contribution is 2.36. The first-order valence-corrected chi connectivity index (χ1v) is 9.54. The van der Waals surface area contributed by atoms with Gasteiger partial charge in [0.2, 0.25) is 0 Å². The topological polar surface area (TPSA) is 37.4 Å². The van der Waals surface area contributed by atoms with E-state index in [1.807, 2.05) is 30.3 Å². The number of aromatic nitrogens is 1. The van der Waals surface area contributed by atoms with Crippen molar-refractivity contribution in [1.29, 1.82) is 0 Å². The predicted molar refractivity (Wildman–Crippen MR) is 108 cm³/mol. The van der Waals surface area contributed by atoms with Crippen LogP contribution in [0.25, 0.3) is 10.2 Å². The van der Waals surface area contributed by atoms with Gasteiger partial charge < -0.3 is 15.0 Å². The molecule has 0 bridgehead atoms. The monoisotopic (exact) mass is 369 g/mol. The zero-order valence-corrected chi connectivity index (χ0v) is 15.6. The summed E-state index contributed by atoms with van der Waals surface area (Å²) in [5.74, 6) is 0.838. The Labute approximate surface area is 156 Å². The van der Waals surface area contributed by atoms with E-state index in [9.17, 15) is 0 Å². The third-order valence-corrected chi connectivity index (χ3v) is 5.92. The molecule has 1 aliphatic rings. The molecule has 0 saturated carbocycles.